The summed E-state index contributed by atoms with van der Waals surface area (Å²) in [5, 5.41) is 4.33. The number of allylic oxidation sites excluding steroid dienone is 1. The molecule has 3 aromatic rings. The molecule has 31 heavy (non-hydrogen) atoms. The molecule has 0 fully saturated rings. The van der Waals surface area contributed by atoms with Gasteiger partial charge in [0.15, 0.2) is 5.16 Å². The maximum Gasteiger partial charge on any atom is 0.263 e. The molecule has 7 heteroatoms. The van der Waals surface area contributed by atoms with Gasteiger partial charge in [0.05, 0.1) is 11.1 Å². The Balaban J connectivity index is 1.49. The Labute approximate surface area is 190 Å². The second-order valence-corrected chi connectivity index (χ2v) is 9.74. The molecule has 2 heterocycles. The predicted molar refractivity (Wildman–Crippen MR) is 129 cm³/mol. The topological polar surface area (TPSA) is 64.0 Å². The first-order chi connectivity index (χ1) is 15.2. The van der Waals surface area contributed by atoms with Crippen molar-refractivity contribution in [1.29, 1.82) is 0 Å². The van der Waals surface area contributed by atoms with Crippen molar-refractivity contribution in [2.45, 2.75) is 50.2 Å². The minimum atomic E-state index is -0.0533. The van der Waals surface area contributed by atoms with Gasteiger partial charge in [0.25, 0.3) is 5.56 Å². The van der Waals surface area contributed by atoms with Gasteiger partial charge in [-0.05, 0) is 43.2 Å². The number of amides is 1. The quantitative estimate of drug-likeness (QED) is 0.238. The van der Waals surface area contributed by atoms with Gasteiger partial charge >= 0.3 is 0 Å². The number of carbonyl (C=O) groups is 1. The second kappa shape index (κ2) is 10.3. The Morgan fingerprint density at radius 3 is 2.84 bits per heavy atom. The molecular weight excluding hydrogens is 426 g/mol. The van der Waals surface area contributed by atoms with Crippen LogP contribution in [-0.2, 0) is 30.6 Å². The molecule has 1 N–H and O–H groups in total. The highest BCUT2D eigenvalue weighted by Crippen LogP contribution is 2.34. The zero-order valence-corrected chi connectivity index (χ0v) is 19.2. The average Bonchev–Trinajstić information content (AvgIpc) is 2.96. The van der Waals surface area contributed by atoms with Crippen molar-refractivity contribution in [1.82, 2.24) is 14.9 Å². The minimum Gasteiger partial charge on any atom is -0.355 e. The summed E-state index contributed by atoms with van der Waals surface area (Å²) in [5.41, 5.74) is 2.39. The molecule has 0 atom stereocenters. The summed E-state index contributed by atoms with van der Waals surface area (Å²) in [7, 11) is 0. The molecule has 162 valence electrons. The Morgan fingerprint density at radius 1 is 1.23 bits per heavy atom. The average molecular weight is 454 g/mol. The molecule has 0 radical (unpaired) electrons. The van der Waals surface area contributed by atoms with E-state index in [1.165, 1.54) is 40.6 Å². The number of fused-ring (bicyclic) bond motifs is 3. The number of thioether (sulfide) groups is 1. The van der Waals surface area contributed by atoms with Crippen molar-refractivity contribution in [3.8, 4) is 0 Å². The van der Waals surface area contributed by atoms with E-state index in [9.17, 15) is 9.59 Å². The number of nitrogens with one attached hydrogen (secondary N) is 1. The van der Waals surface area contributed by atoms with Gasteiger partial charge in [-0.3, -0.25) is 14.2 Å². The first kappa shape index (κ1) is 21.8. The summed E-state index contributed by atoms with van der Waals surface area (Å²) in [6.07, 6.45) is 8.00. The lowest BCUT2D eigenvalue weighted by Crippen LogP contribution is -2.28. The van der Waals surface area contributed by atoms with E-state index in [0.29, 0.717) is 18.2 Å². The number of aromatic nitrogens is 2. The number of hydrogen-bond acceptors (Lipinski definition) is 5. The van der Waals surface area contributed by atoms with Gasteiger partial charge in [-0.2, -0.15) is 0 Å². The predicted octanol–water partition coefficient (Wildman–Crippen LogP) is 4.36. The van der Waals surface area contributed by atoms with E-state index in [1.54, 1.807) is 22.0 Å². The molecule has 0 aliphatic heterocycles. The molecule has 1 amide bonds. The highest BCUT2D eigenvalue weighted by Gasteiger charge is 2.21. The standard InChI is InChI=1S/C24H27N3O2S2/c1-2-15-27-23(29)21-18-11-7-4-8-12-19(18)31-22(21)26-24(27)30-16-20(28)25-14-13-17-9-5-3-6-10-17/h2-3,5-6,9-10H,1,4,7-8,11-16H2,(H,25,28). The highest BCUT2D eigenvalue weighted by atomic mass is 32.2. The van der Waals surface area contributed by atoms with Crippen LogP contribution in [0.4, 0.5) is 0 Å². The third-order valence-corrected chi connectivity index (χ3v) is 7.67. The molecule has 1 aromatic carbocycles. The number of hydrogen-bond donors (Lipinski definition) is 1. The maximum absolute atomic E-state index is 13.3. The molecule has 1 aliphatic carbocycles. The molecule has 4 rings (SSSR count). The van der Waals surface area contributed by atoms with Crippen LogP contribution in [0.1, 0.15) is 35.3 Å². The summed E-state index contributed by atoms with van der Waals surface area (Å²) in [5.74, 6) is 0.178. The van der Waals surface area contributed by atoms with Crippen molar-refractivity contribution in [2.24, 2.45) is 0 Å². The van der Waals surface area contributed by atoms with Crippen LogP contribution >= 0.6 is 23.1 Å². The molecule has 0 bridgehead atoms. The molecule has 0 saturated carbocycles. The number of thiophene rings is 1. The van der Waals surface area contributed by atoms with Gasteiger partial charge < -0.3 is 5.32 Å². The largest absolute Gasteiger partial charge is 0.355 e. The SMILES string of the molecule is C=CCn1c(SCC(=O)NCCc2ccccc2)nc2sc3c(c2c1=O)CCCCC3. The van der Waals surface area contributed by atoms with Crippen LogP contribution < -0.4 is 10.9 Å². The van der Waals surface area contributed by atoms with Gasteiger partial charge in [-0.25, -0.2) is 4.98 Å². The van der Waals surface area contributed by atoms with Crippen molar-refractivity contribution in [3.05, 3.63) is 69.3 Å². The van der Waals surface area contributed by atoms with Crippen LogP contribution in [0.3, 0.4) is 0 Å². The number of rotatable bonds is 8. The molecule has 0 unspecified atom stereocenters. The van der Waals surface area contributed by atoms with E-state index < -0.39 is 0 Å². The lowest BCUT2D eigenvalue weighted by atomic mass is 10.1. The van der Waals surface area contributed by atoms with Gasteiger partial charge in [0, 0.05) is 18.0 Å². The van der Waals surface area contributed by atoms with Gasteiger partial charge in [-0.15, -0.1) is 17.9 Å². The van der Waals surface area contributed by atoms with E-state index >= 15 is 0 Å². The molecular formula is C24H27N3O2S2. The van der Waals surface area contributed by atoms with E-state index in [1.807, 2.05) is 18.2 Å². The van der Waals surface area contributed by atoms with E-state index in [4.69, 9.17) is 4.98 Å². The molecule has 2 aromatic heterocycles. The number of nitrogens with zero attached hydrogens (tertiary/aromatic N) is 2. The molecule has 0 saturated heterocycles. The summed E-state index contributed by atoms with van der Waals surface area (Å²) >= 11 is 2.97. The Kier molecular flexibility index (Phi) is 7.25. The normalized spacial score (nSPS) is 13.5. The molecule has 0 spiro atoms. The fourth-order valence-corrected chi connectivity index (χ4v) is 6.11. The van der Waals surface area contributed by atoms with E-state index in [-0.39, 0.29) is 17.2 Å². The molecule has 5 nitrogen and oxygen atoms in total. The van der Waals surface area contributed by atoms with Gasteiger partial charge in [0.2, 0.25) is 5.91 Å². The van der Waals surface area contributed by atoms with Crippen LogP contribution in [0.25, 0.3) is 10.2 Å². The van der Waals surface area contributed by atoms with Crippen LogP contribution in [0.2, 0.25) is 0 Å². The first-order valence-corrected chi connectivity index (χ1v) is 12.6. The van der Waals surface area contributed by atoms with E-state index in [0.717, 1.165) is 35.9 Å². The van der Waals surface area contributed by atoms with Crippen LogP contribution in [0.5, 0.6) is 0 Å². The summed E-state index contributed by atoms with van der Waals surface area (Å²) in [4.78, 5) is 32.6. The van der Waals surface area contributed by atoms with Crippen LogP contribution in [-0.4, -0.2) is 27.8 Å². The Bertz CT molecular complexity index is 1140. The number of benzene rings is 1. The number of carbonyl (C=O) groups excluding carboxylic acids is 1. The lowest BCUT2D eigenvalue weighted by molar-refractivity contribution is -0.118. The van der Waals surface area contributed by atoms with Crippen molar-refractivity contribution >= 4 is 39.2 Å². The van der Waals surface area contributed by atoms with Crippen molar-refractivity contribution in [3.63, 3.8) is 0 Å². The smallest absolute Gasteiger partial charge is 0.263 e. The monoisotopic (exact) mass is 453 g/mol. The van der Waals surface area contributed by atoms with Crippen molar-refractivity contribution in [2.75, 3.05) is 12.3 Å². The summed E-state index contributed by atoms with van der Waals surface area (Å²) in [6, 6.07) is 10.1. The lowest BCUT2D eigenvalue weighted by Gasteiger charge is -2.11. The zero-order valence-electron chi connectivity index (χ0n) is 17.6. The van der Waals surface area contributed by atoms with Gasteiger partial charge in [0.1, 0.15) is 4.83 Å². The Morgan fingerprint density at radius 2 is 2.03 bits per heavy atom. The fraction of sp³-hybridized carbons (Fsp3) is 0.375. The minimum absolute atomic E-state index is 0.00344. The first-order valence-electron chi connectivity index (χ1n) is 10.8. The van der Waals surface area contributed by atoms with Crippen LogP contribution in [0.15, 0.2) is 52.9 Å². The third kappa shape index (κ3) is 5.10. The molecule has 1 aliphatic rings. The summed E-state index contributed by atoms with van der Waals surface area (Å²) < 4.78 is 1.66. The fourth-order valence-electron chi connectivity index (χ4n) is 3.97. The van der Waals surface area contributed by atoms with Gasteiger partial charge in [-0.1, -0.05) is 54.6 Å². The summed E-state index contributed by atoms with van der Waals surface area (Å²) in [6.45, 7) is 4.78. The van der Waals surface area contributed by atoms with E-state index in [2.05, 4.69) is 24.0 Å². The highest BCUT2D eigenvalue weighted by molar-refractivity contribution is 7.99. The number of aryl methyl sites for hydroxylation is 2. The van der Waals surface area contributed by atoms with Crippen molar-refractivity contribution < 1.29 is 4.79 Å². The van der Waals surface area contributed by atoms with Crippen LogP contribution in [0, 0.1) is 0 Å². The second-order valence-electron chi connectivity index (χ2n) is 7.72. The third-order valence-electron chi connectivity index (χ3n) is 5.51. The Hall–Kier alpha value is -2.38. The maximum atomic E-state index is 13.3. The zero-order chi connectivity index (χ0) is 21.6.